The molecule has 2 aromatic rings. The van der Waals surface area contributed by atoms with Crippen molar-refractivity contribution >= 4 is 11.6 Å². The number of hydrogen-bond acceptors (Lipinski definition) is 5. The molecule has 1 aromatic heterocycles. The zero-order valence-electron chi connectivity index (χ0n) is 16.0. The topological polar surface area (TPSA) is 42.8 Å². The number of piperazine rings is 1. The molecule has 26 heavy (non-hydrogen) atoms. The van der Waals surface area contributed by atoms with Crippen LogP contribution in [0.15, 0.2) is 18.2 Å². The number of aryl methyl sites for hydroxylation is 2. The molecule has 0 unspecified atom stereocenters. The molecule has 7 heteroatoms. The van der Waals surface area contributed by atoms with Gasteiger partial charge in [0.2, 0.25) is 0 Å². The Hall–Kier alpha value is -1.76. The van der Waals surface area contributed by atoms with Crippen LogP contribution < -0.4 is 9.47 Å². The molecule has 1 aliphatic rings. The molecule has 0 aliphatic carbocycles. The second-order valence-corrected chi connectivity index (χ2v) is 7.07. The van der Waals surface area contributed by atoms with Crippen LogP contribution in [0.1, 0.15) is 16.8 Å². The van der Waals surface area contributed by atoms with E-state index in [1.54, 1.807) is 18.9 Å². The summed E-state index contributed by atoms with van der Waals surface area (Å²) in [5.74, 6) is 1.77. The molecule has 1 aromatic carbocycles. The first-order valence-electron chi connectivity index (χ1n) is 8.85. The second-order valence-electron chi connectivity index (χ2n) is 6.71. The van der Waals surface area contributed by atoms with Crippen molar-refractivity contribution in [1.29, 1.82) is 0 Å². The van der Waals surface area contributed by atoms with E-state index in [4.69, 9.17) is 21.1 Å². The predicted octanol–water partition coefficient (Wildman–Crippen LogP) is 2.72. The number of halogens is 1. The molecule has 0 spiro atoms. The third kappa shape index (κ3) is 4.14. The van der Waals surface area contributed by atoms with E-state index in [0.29, 0.717) is 0 Å². The molecule has 0 radical (unpaired) electrons. The highest BCUT2D eigenvalue weighted by Gasteiger charge is 2.21. The van der Waals surface area contributed by atoms with E-state index in [1.807, 2.05) is 26.1 Å². The van der Waals surface area contributed by atoms with Crippen molar-refractivity contribution in [2.45, 2.75) is 20.0 Å². The number of benzene rings is 1. The largest absolute Gasteiger partial charge is 0.497 e. The summed E-state index contributed by atoms with van der Waals surface area (Å²) in [5.41, 5.74) is 3.31. The van der Waals surface area contributed by atoms with Gasteiger partial charge < -0.3 is 9.47 Å². The maximum atomic E-state index is 6.37. The molecule has 1 fully saturated rings. The summed E-state index contributed by atoms with van der Waals surface area (Å²) < 4.78 is 12.6. The normalized spacial score (nSPS) is 16.0. The van der Waals surface area contributed by atoms with E-state index in [9.17, 15) is 0 Å². The summed E-state index contributed by atoms with van der Waals surface area (Å²) in [6.45, 7) is 7.78. The summed E-state index contributed by atoms with van der Waals surface area (Å²) in [4.78, 5) is 4.89. The lowest BCUT2D eigenvalue weighted by Gasteiger charge is -2.35. The maximum absolute atomic E-state index is 6.37. The number of rotatable bonds is 6. The Labute approximate surface area is 160 Å². The Bertz CT molecular complexity index is 754. The maximum Gasteiger partial charge on any atom is 0.131 e. The average Bonchev–Trinajstić information content (AvgIpc) is 2.89. The van der Waals surface area contributed by atoms with Crippen molar-refractivity contribution in [3.63, 3.8) is 0 Å². The van der Waals surface area contributed by atoms with Crippen molar-refractivity contribution in [2.24, 2.45) is 7.05 Å². The molecule has 1 saturated heterocycles. The van der Waals surface area contributed by atoms with Crippen LogP contribution in [0.3, 0.4) is 0 Å². The molecule has 2 heterocycles. The summed E-state index contributed by atoms with van der Waals surface area (Å²) in [6, 6.07) is 5.96. The highest BCUT2D eigenvalue weighted by Crippen LogP contribution is 2.26. The van der Waals surface area contributed by atoms with Gasteiger partial charge in [0.15, 0.2) is 0 Å². The molecule has 142 valence electrons. The van der Waals surface area contributed by atoms with Crippen LogP contribution in [0, 0.1) is 6.92 Å². The Morgan fingerprint density at radius 1 is 1.04 bits per heavy atom. The number of aromatic nitrogens is 2. The van der Waals surface area contributed by atoms with Crippen LogP contribution in [-0.2, 0) is 20.1 Å². The first-order valence-corrected chi connectivity index (χ1v) is 9.23. The van der Waals surface area contributed by atoms with Gasteiger partial charge in [-0.3, -0.25) is 14.5 Å². The van der Waals surface area contributed by atoms with Gasteiger partial charge in [0, 0.05) is 57.4 Å². The van der Waals surface area contributed by atoms with Gasteiger partial charge in [-0.15, -0.1) is 0 Å². The molecule has 0 atom stereocenters. The molecular weight excluding hydrogens is 352 g/mol. The first kappa shape index (κ1) is 19.0. The summed E-state index contributed by atoms with van der Waals surface area (Å²) in [6.07, 6.45) is 0. The highest BCUT2D eigenvalue weighted by atomic mass is 35.5. The van der Waals surface area contributed by atoms with Gasteiger partial charge in [-0.1, -0.05) is 11.6 Å². The fourth-order valence-corrected chi connectivity index (χ4v) is 3.66. The van der Waals surface area contributed by atoms with Crippen molar-refractivity contribution < 1.29 is 9.47 Å². The average molecular weight is 379 g/mol. The highest BCUT2D eigenvalue weighted by molar-refractivity contribution is 6.30. The van der Waals surface area contributed by atoms with E-state index in [2.05, 4.69) is 21.0 Å². The SMILES string of the molecule is COc1ccc(OC)c(CN2CCN(Cc3c(C)nn(C)c3Cl)CC2)c1. The van der Waals surface area contributed by atoms with Crippen LogP contribution in [-0.4, -0.2) is 60.0 Å². The minimum Gasteiger partial charge on any atom is -0.497 e. The molecule has 3 rings (SSSR count). The molecule has 0 amide bonds. The summed E-state index contributed by atoms with van der Waals surface area (Å²) in [5, 5.41) is 5.15. The third-order valence-corrected chi connectivity index (χ3v) is 5.47. The zero-order chi connectivity index (χ0) is 18.7. The molecule has 0 N–H and O–H groups in total. The minimum atomic E-state index is 0.742. The smallest absolute Gasteiger partial charge is 0.131 e. The lowest BCUT2D eigenvalue weighted by molar-refractivity contribution is 0.121. The van der Waals surface area contributed by atoms with Gasteiger partial charge >= 0.3 is 0 Å². The Kier molecular flexibility index (Phi) is 6.06. The predicted molar refractivity (Wildman–Crippen MR) is 103 cm³/mol. The molecule has 6 nitrogen and oxygen atoms in total. The molecular formula is C19H27ClN4O2. The summed E-state index contributed by atoms with van der Waals surface area (Å²) >= 11 is 6.37. The van der Waals surface area contributed by atoms with Gasteiger partial charge in [-0.25, -0.2) is 0 Å². The number of methoxy groups -OCH3 is 2. The quantitative estimate of drug-likeness (QED) is 0.773. The van der Waals surface area contributed by atoms with Crippen molar-refractivity contribution in [1.82, 2.24) is 19.6 Å². The number of ether oxygens (including phenoxy) is 2. The minimum absolute atomic E-state index is 0.742. The Balaban J connectivity index is 1.59. The molecule has 1 aliphatic heterocycles. The van der Waals surface area contributed by atoms with Crippen molar-refractivity contribution in [3.8, 4) is 11.5 Å². The molecule has 0 saturated carbocycles. The van der Waals surface area contributed by atoms with E-state index in [1.165, 1.54) is 0 Å². The third-order valence-electron chi connectivity index (χ3n) is 5.00. The fourth-order valence-electron chi connectivity index (χ4n) is 3.43. The van der Waals surface area contributed by atoms with Crippen LogP contribution in [0.2, 0.25) is 5.15 Å². The van der Waals surface area contributed by atoms with E-state index < -0.39 is 0 Å². The van der Waals surface area contributed by atoms with Crippen molar-refractivity contribution in [2.75, 3.05) is 40.4 Å². The van der Waals surface area contributed by atoms with Crippen molar-refractivity contribution in [3.05, 3.63) is 40.2 Å². The van der Waals surface area contributed by atoms with Gasteiger partial charge in [0.05, 0.1) is 19.9 Å². The van der Waals surface area contributed by atoms with Crippen LogP contribution >= 0.6 is 11.6 Å². The van der Waals surface area contributed by atoms with Gasteiger partial charge in [0.25, 0.3) is 0 Å². The fraction of sp³-hybridized carbons (Fsp3) is 0.526. The molecule has 0 bridgehead atoms. The zero-order valence-corrected chi connectivity index (χ0v) is 16.7. The lowest BCUT2D eigenvalue weighted by Crippen LogP contribution is -2.45. The Morgan fingerprint density at radius 2 is 1.69 bits per heavy atom. The monoisotopic (exact) mass is 378 g/mol. The Morgan fingerprint density at radius 3 is 2.23 bits per heavy atom. The van der Waals surface area contributed by atoms with E-state index >= 15 is 0 Å². The second kappa shape index (κ2) is 8.29. The first-order chi connectivity index (χ1) is 12.5. The van der Waals surface area contributed by atoms with Gasteiger partial charge in [0.1, 0.15) is 16.7 Å². The van der Waals surface area contributed by atoms with Crippen LogP contribution in [0.4, 0.5) is 0 Å². The van der Waals surface area contributed by atoms with Crippen LogP contribution in [0.5, 0.6) is 11.5 Å². The van der Waals surface area contributed by atoms with Gasteiger partial charge in [-0.05, 0) is 25.1 Å². The van der Waals surface area contributed by atoms with E-state index in [0.717, 1.165) is 72.7 Å². The number of hydrogen-bond donors (Lipinski definition) is 0. The number of nitrogens with zero attached hydrogens (tertiary/aromatic N) is 4. The lowest BCUT2D eigenvalue weighted by atomic mass is 10.1. The van der Waals surface area contributed by atoms with E-state index in [-0.39, 0.29) is 0 Å². The standard InChI is InChI=1S/C19H27ClN4O2/c1-14-17(19(20)22(2)21-14)13-24-9-7-23(8-10-24)12-15-11-16(25-3)5-6-18(15)26-4/h5-6,11H,7-10,12-13H2,1-4H3. The summed E-state index contributed by atoms with van der Waals surface area (Å²) in [7, 11) is 5.29. The van der Waals surface area contributed by atoms with Crippen LogP contribution in [0.25, 0.3) is 0 Å². The van der Waals surface area contributed by atoms with Gasteiger partial charge in [-0.2, -0.15) is 5.10 Å².